The van der Waals surface area contributed by atoms with Gasteiger partial charge in [0.2, 0.25) is 0 Å². The van der Waals surface area contributed by atoms with E-state index in [4.69, 9.17) is 0 Å². The van der Waals surface area contributed by atoms with Crippen LogP contribution in [0.25, 0.3) is 0 Å². The Labute approximate surface area is 127 Å². The number of hydrogen-bond acceptors (Lipinski definition) is 3. The second-order valence-corrected chi connectivity index (χ2v) is 4.99. The van der Waals surface area contributed by atoms with Crippen molar-refractivity contribution < 1.29 is 9.50 Å². The maximum absolute atomic E-state index is 13.7. The second-order valence-electron chi connectivity index (χ2n) is 4.99. The molecule has 0 bridgehead atoms. The lowest BCUT2D eigenvalue weighted by molar-refractivity contribution is 0.168. The highest BCUT2D eigenvalue weighted by Gasteiger charge is 2.14. The van der Waals surface area contributed by atoms with Crippen molar-refractivity contribution in [3.05, 3.63) is 77.7 Å². The molecule has 0 saturated heterocycles. The molecule has 0 aliphatic heterocycles. The zero-order chi connectivity index (χ0) is 15.4. The average molecular weight is 299 g/mol. The molecule has 5 nitrogen and oxygen atoms in total. The van der Waals surface area contributed by atoms with Gasteiger partial charge in [0.15, 0.2) is 5.82 Å². The Morgan fingerprint density at radius 1 is 1.27 bits per heavy atom. The Bertz CT molecular complexity index is 723. The number of aromatic amines is 2. The van der Waals surface area contributed by atoms with Gasteiger partial charge in [-0.15, -0.1) is 0 Å². The fraction of sp³-hybridized carbons (Fsp3) is 0.188. The summed E-state index contributed by atoms with van der Waals surface area (Å²) in [4.78, 5) is 7.05. The molecule has 0 saturated carbocycles. The molecule has 1 unspecified atom stereocenters. The zero-order valence-electron chi connectivity index (χ0n) is 11.8. The monoisotopic (exact) mass is 299 g/mol. The van der Waals surface area contributed by atoms with Gasteiger partial charge in [-0.1, -0.05) is 18.2 Å². The molecule has 0 fully saturated rings. The van der Waals surface area contributed by atoms with Crippen LogP contribution in [0, 0.1) is 12.2 Å². The summed E-state index contributed by atoms with van der Waals surface area (Å²) in [7, 11) is 0. The molecule has 113 valence electrons. The first-order valence-electron chi connectivity index (χ1n) is 7.00. The topological polar surface area (TPSA) is 77.6 Å². The Morgan fingerprint density at radius 2 is 2.14 bits per heavy atom. The number of halogens is 1. The van der Waals surface area contributed by atoms with E-state index in [0.717, 1.165) is 11.3 Å². The molecule has 1 aromatic carbocycles. The minimum atomic E-state index is -0.762. The van der Waals surface area contributed by atoms with Gasteiger partial charge in [-0.25, -0.2) is 9.37 Å². The number of nitrogens with one attached hydrogen (secondary N) is 2. The molecule has 2 heterocycles. The summed E-state index contributed by atoms with van der Waals surface area (Å²) in [5.74, 6) is 0.145. The summed E-state index contributed by atoms with van der Waals surface area (Å²) in [6.45, 7) is 0. The van der Waals surface area contributed by atoms with Crippen LogP contribution in [-0.2, 0) is 6.42 Å². The van der Waals surface area contributed by atoms with Crippen LogP contribution in [0.5, 0.6) is 0 Å². The Hall–Kier alpha value is -2.47. The quantitative estimate of drug-likeness (QED) is 0.654. The summed E-state index contributed by atoms with van der Waals surface area (Å²) in [6.07, 6.45) is 5.23. The van der Waals surface area contributed by atoms with Gasteiger partial charge in [-0.3, -0.25) is 5.10 Å². The van der Waals surface area contributed by atoms with E-state index in [2.05, 4.69) is 20.2 Å². The van der Waals surface area contributed by atoms with E-state index in [1.165, 1.54) is 12.4 Å². The molecule has 0 amide bonds. The van der Waals surface area contributed by atoms with E-state index in [1.807, 2.05) is 18.6 Å². The minimum absolute atomic E-state index is 0.219. The molecule has 1 radical (unpaired) electrons. The molecule has 0 aliphatic rings. The lowest BCUT2D eigenvalue weighted by atomic mass is 10.0. The average Bonchev–Trinajstić information content (AvgIpc) is 3.19. The first-order chi connectivity index (χ1) is 10.7. The van der Waals surface area contributed by atoms with Crippen LogP contribution in [0.1, 0.15) is 35.2 Å². The van der Waals surface area contributed by atoms with Gasteiger partial charge in [0.1, 0.15) is 18.2 Å². The predicted molar refractivity (Wildman–Crippen MR) is 79.4 cm³/mol. The molecule has 3 rings (SSSR count). The summed E-state index contributed by atoms with van der Waals surface area (Å²) in [5, 5.41) is 16.4. The number of H-pyrrole nitrogens is 2. The number of aromatic nitrogens is 4. The van der Waals surface area contributed by atoms with Gasteiger partial charge in [0, 0.05) is 18.3 Å². The molecule has 1 atom stereocenters. The third-order valence-corrected chi connectivity index (χ3v) is 3.49. The third kappa shape index (κ3) is 3.23. The minimum Gasteiger partial charge on any atom is -0.385 e. The van der Waals surface area contributed by atoms with Gasteiger partial charge in [-0.2, -0.15) is 5.10 Å². The standard InChI is InChI=1S/C16H16FN4O/c17-13-4-2-1-3-12(13)9-14-11(7-8-18-14)5-6-15(22)16-19-10-20-21-16/h1-5,7-8,10,15,18,22H,6,9H2,(H,19,20,21). The normalized spacial score (nSPS) is 12.5. The highest BCUT2D eigenvalue weighted by atomic mass is 19.1. The van der Waals surface area contributed by atoms with Crippen molar-refractivity contribution in [1.29, 1.82) is 0 Å². The van der Waals surface area contributed by atoms with Crippen molar-refractivity contribution in [3.8, 4) is 0 Å². The van der Waals surface area contributed by atoms with E-state index < -0.39 is 6.10 Å². The summed E-state index contributed by atoms with van der Waals surface area (Å²) < 4.78 is 13.7. The number of hydrogen-bond donors (Lipinski definition) is 3. The largest absolute Gasteiger partial charge is 0.385 e. The van der Waals surface area contributed by atoms with Crippen molar-refractivity contribution in [2.24, 2.45) is 0 Å². The van der Waals surface area contributed by atoms with E-state index in [-0.39, 0.29) is 5.82 Å². The smallest absolute Gasteiger partial charge is 0.178 e. The number of aliphatic hydroxyl groups is 1. The summed E-state index contributed by atoms with van der Waals surface area (Å²) in [5.41, 5.74) is 2.49. The lowest BCUT2D eigenvalue weighted by Crippen LogP contribution is -2.02. The van der Waals surface area contributed by atoms with E-state index in [1.54, 1.807) is 18.3 Å². The van der Waals surface area contributed by atoms with Crippen LogP contribution in [0.3, 0.4) is 0 Å². The maximum Gasteiger partial charge on any atom is 0.178 e. The Morgan fingerprint density at radius 3 is 2.91 bits per heavy atom. The van der Waals surface area contributed by atoms with E-state index in [0.29, 0.717) is 24.2 Å². The molecule has 6 heteroatoms. The highest BCUT2D eigenvalue weighted by Crippen LogP contribution is 2.21. The molecule has 0 spiro atoms. The molecule has 3 aromatic rings. The first-order valence-corrected chi connectivity index (χ1v) is 7.00. The molecule has 22 heavy (non-hydrogen) atoms. The molecule has 2 aromatic heterocycles. The van der Waals surface area contributed by atoms with Crippen molar-refractivity contribution >= 4 is 0 Å². The number of benzene rings is 1. The predicted octanol–water partition coefficient (Wildman–Crippen LogP) is 2.54. The Balaban J connectivity index is 1.66. The van der Waals surface area contributed by atoms with E-state index in [9.17, 15) is 9.50 Å². The van der Waals surface area contributed by atoms with Crippen LogP contribution in [-0.4, -0.2) is 25.3 Å². The maximum atomic E-state index is 13.7. The van der Waals surface area contributed by atoms with Crippen LogP contribution in [0.15, 0.2) is 42.9 Å². The first kappa shape index (κ1) is 14.5. The van der Waals surface area contributed by atoms with Crippen LogP contribution < -0.4 is 0 Å². The van der Waals surface area contributed by atoms with Crippen molar-refractivity contribution in [1.82, 2.24) is 20.2 Å². The Kier molecular flexibility index (Phi) is 4.29. The highest BCUT2D eigenvalue weighted by molar-refractivity contribution is 5.33. The summed E-state index contributed by atoms with van der Waals surface area (Å²) >= 11 is 0. The van der Waals surface area contributed by atoms with Crippen molar-refractivity contribution in [2.45, 2.75) is 18.9 Å². The van der Waals surface area contributed by atoms with Crippen LogP contribution in [0.4, 0.5) is 4.39 Å². The lowest BCUT2D eigenvalue weighted by Gasteiger charge is -2.08. The van der Waals surface area contributed by atoms with Crippen LogP contribution >= 0.6 is 0 Å². The second kappa shape index (κ2) is 6.53. The van der Waals surface area contributed by atoms with Crippen molar-refractivity contribution in [3.63, 3.8) is 0 Å². The van der Waals surface area contributed by atoms with Gasteiger partial charge >= 0.3 is 0 Å². The number of nitrogens with zero attached hydrogens (tertiary/aromatic N) is 2. The molecular formula is C16H16FN4O. The van der Waals surface area contributed by atoms with Gasteiger partial charge in [0.05, 0.1) is 0 Å². The van der Waals surface area contributed by atoms with Gasteiger partial charge < -0.3 is 10.1 Å². The molecule has 0 aliphatic carbocycles. The summed E-state index contributed by atoms with van der Waals surface area (Å²) in [6, 6.07) is 8.61. The van der Waals surface area contributed by atoms with Crippen LogP contribution in [0.2, 0.25) is 0 Å². The zero-order valence-corrected chi connectivity index (χ0v) is 11.8. The van der Waals surface area contributed by atoms with Crippen molar-refractivity contribution in [2.75, 3.05) is 0 Å². The van der Waals surface area contributed by atoms with Gasteiger partial charge in [0.25, 0.3) is 0 Å². The molecule has 3 N–H and O–H groups in total. The SMILES string of the molecule is OC(C[CH]c1cc[nH]c1Cc1ccccc1F)c1nc[nH]n1. The fourth-order valence-electron chi connectivity index (χ4n) is 2.32. The number of aliphatic hydroxyl groups excluding tert-OH is 1. The van der Waals surface area contributed by atoms with E-state index >= 15 is 0 Å². The fourth-order valence-corrected chi connectivity index (χ4v) is 2.32. The third-order valence-electron chi connectivity index (χ3n) is 3.49. The number of rotatable bonds is 6. The van der Waals surface area contributed by atoms with Gasteiger partial charge in [-0.05, 0) is 36.1 Å². The molecular weight excluding hydrogens is 283 g/mol.